The molecule has 1 aromatic carbocycles. The van der Waals surface area contributed by atoms with Gasteiger partial charge in [0.25, 0.3) is 0 Å². The zero-order valence-corrected chi connectivity index (χ0v) is 16.8. The van der Waals surface area contributed by atoms with E-state index in [-0.39, 0.29) is 11.9 Å². The van der Waals surface area contributed by atoms with Gasteiger partial charge in [0.05, 0.1) is 5.02 Å². The standard InChI is InChI=1S/C18H22ClNO2S2/c1-6-17(24-12(3)11(2)21)13-7-14-8-15(10-23-20(4)5)22-18(14)16(19)9-13/h6-7,9,15H,3,8,10H2,1-2,4-5H3/b17-6-. The maximum absolute atomic E-state index is 11.5. The highest BCUT2D eigenvalue weighted by Crippen LogP contribution is 2.42. The van der Waals surface area contributed by atoms with Gasteiger partial charge < -0.3 is 4.74 Å². The molecule has 0 fully saturated rings. The Morgan fingerprint density at radius 2 is 2.21 bits per heavy atom. The maximum Gasteiger partial charge on any atom is 0.165 e. The molecule has 0 N–H and O–H groups in total. The van der Waals surface area contributed by atoms with Crippen LogP contribution in [0.3, 0.4) is 0 Å². The van der Waals surface area contributed by atoms with Crippen LogP contribution in [0.5, 0.6) is 5.75 Å². The topological polar surface area (TPSA) is 29.5 Å². The van der Waals surface area contributed by atoms with Crippen LogP contribution in [-0.4, -0.2) is 36.0 Å². The highest BCUT2D eigenvalue weighted by atomic mass is 35.5. The summed E-state index contributed by atoms with van der Waals surface area (Å²) in [7, 11) is 4.05. The summed E-state index contributed by atoms with van der Waals surface area (Å²) in [6.07, 6.45) is 2.96. The molecule has 0 aliphatic carbocycles. The maximum atomic E-state index is 11.5. The van der Waals surface area contributed by atoms with Crippen molar-refractivity contribution >= 4 is 46.0 Å². The molecule has 1 heterocycles. The molecule has 1 aromatic rings. The van der Waals surface area contributed by atoms with Crippen LogP contribution >= 0.6 is 35.3 Å². The molecule has 1 atom stereocenters. The lowest BCUT2D eigenvalue weighted by Gasteiger charge is -2.13. The van der Waals surface area contributed by atoms with E-state index in [0.717, 1.165) is 34.0 Å². The van der Waals surface area contributed by atoms with Crippen LogP contribution in [0.1, 0.15) is 25.0 Å². The zero-order valence-electron chi connectivity index (χ0n) is 14.4. The fourth-order valence-corrected chi connectivity index (χ4v) is 4.04. The molecule has 1 aliphatic heterocycles. The highest BCUT2D eigenvalue weighted by Gasteiger charge is 2.26. The number of ketones is 1. The number of carbonyl (C=O) groups excluding carboxylic acids is 1. The van der Waals surface area contributed by atoms with E-state index < -0.39 is 0 Å². The monoisotopic (exact) mass is 383 g/mol. The molecule has 2 rings (SSSR count). The van der Waals surface area contributed by atoms with E-state index >= 15 is 0 Å². The van der Waals surface area contributed by atoms with Gasteiger partial charge in [-0.15, -0.1) is 0 Å². The quantitative estimate of drug-likeness (QED) is 0.485. The molecule has 130 valence electrons. The van der Waals surface area contributed by atoms with Gasteiger partial charge in [0.15, 0.2) is 5.78 Å². The first-order valence-electron chi connectivity index (χ1n) is 7.65. The van der Waals surface area contributed by atoms with Crippen molar-refractivity contribution in [3.8, 4) is 5.75 Å². The summed E-state index contributed by atoms with van der Waals surface area (Å²) in [4.78, 5) is 13.0. The Kier molecular flexibility index (Phi) is 6.87. The van der Waals surface area contributed by atoms with Crippen LogP contribution in [0.15, 0.2) is 29.7 Å². The van der Waals surface area contributed by atoms with Crippen LogP contribution in [-0.2, 0) is 11.2 Å². The average Bonchev–Trinajstić information content (AvgIpc) is 2.93. The SMILES string of the molecule is C=C(S/C(=C\C)c1cc(Cl)c2c(c1)CC(CSN(C)C)O2)C(C)=O. The first kappa shape index (κ1) is 19.4. The van der Waals surface area contributed by atoms with Gasteiger partial charge in [-0.1, -0.05) is 48.0 Å². The molecule has 0 saturated heterocycles. The van der Waals surface area contributed by atoms with Crippen molar-refractivity contribution in [3.05, 3.63) is 45.8 Å². The second kappa shape index (κ2) is 8.48. The number of ether oxygens (including phenoxy) is 1. The number of Topliss-reactive ketones (excluding diaryl/α,β-unsaturated/α-hetero) is 1. The molecule has 0 saturated carbocycles. The van der Waals surface area contributed by atoms with E-state index in [0.29, 0.717) is 9.93 Å². The summed E-state index contributed by atoms with van der Waals surface area (Å²) in [6.45, 7) is 7.30. The smallest absolute Gasteiger partial charge is 0.165 e. The van der Waals surface area contributed by atoms with E-state index in [9.17, 15) is 4.79 Å². The van der Waals surface area contributed by atoms with Crippen molar-refractivity contribution in [2.75, 3.05) is 19.8 Å². The lowest BCUT2D eigenvalue weighted by Crippen LogP contribution is -2.18. The third kappa shape index (κ3) is 4.82. The fourth-order valence-electron chi connectivity index (χ4n) is 2.34. The second-order valence-corrected chi connectivity index (χ2v) is 8.60. The number of hydrogen-bond donors (Lipinski definition) is 0. The predicted octanol–water partition coefficient (Wildman–Crippen LogP) is 5.05. The van der Waals surface area contributed by atoms with Crippen molar-refractivity contribution in [2.24, 2.45) is 0 Å². The van der Waals surface area contributed by atoms with Gasteiger partial charge in [0.2, 0.25) is 0 Å². The summed E-state index contributed by atoms with van der Waals surface area (Å²) in [5.41, 5.74) is 2.12. The van der Waals surface area contributed by atoms with Gasteiger partial charge in [-0.25, -0.2) is 0 Å². The van der Waals surface area contributed by atoms with Gasteiger partial charge in [-0.3, -0.25) is 9.10 Å². The lowest BCUT2D eigenvalue weighted by molar-refractivity contribution is -0.112. The summed E-state index contributed by atoms with van der Waals surface area (Å²) >= 11 is 9.55. The van der Waals surface area contributed by atoms with Crippen molar-refractivity contribution in [2.45, 2.75) is 26.4 Å². The van der Waals surface area contributed by atoms with Crippen molar-refractivity contribution in [3.63, 3.8) is 0 Å². The molecule has 24 heavy (non-hydrogen) atoms. The summed E-state index contributed by atoms with van der Waals surface area (Å²) in [5.74, 6) is 1.66. The molecule has 3 nitrogen and oxygen atoms in total. The number of hydrogen-bond acceptors (Lipinski definition) is 5. The molecular formula is C18H22ClNO2S2. The first-order valence-corrected chi connectivity index (χ1v) is 9.79. The molecule has 0 bridgehead atoms. The van der Waals surface area contributed by atoms with E-state index in [1.54, 1.807) is 11.9 Å². The van der Waals surface area contributed by atoms with Gasteiger partial charge in [-0.2, -0.15) is 0 Å². The third-order valence-corrected chi connectivity index (χ3v) is 6.09. The molecule has 0 spiro atoms. The predicted molar refractivity (Wildman–Crippen MR) is 107 cm³/mol. The molecule has 0 aromatic heterocycles. The van der Waals surface area contributed by atoms with Crippen LogP contribution < -0.4 is 4.74 Å². The molecule has 0 radical (unpaired) electrons. The largest absolute Gasteiger partial charge is 0.487 e. The third-order valence-electron chi connectivity index (χ3n) is 3.54. The Labute approximate surface area is 157 Å². The highest BCUT2D eigenvalue weighted by molar-refractivity contribution is 8.12. The summed E-state index contributed by atoms with van der Waals surface area (Å²) in [5, 5.41) is 0.619. The molecule has 1 unspecified atom stereocenters. The average molecular weight is 384 g/mol. The van der Waals surface area contributed by atoms with E-state index in [2.05, 4.69) is 17.0 Å². The van der Waals surface area contributed by atoms with E-state index in [1.165, 1.54) is 18.7 Å². The van der Waals surface area contributed by atoms with Crippen molar-refractivity contribution in [1.82, 2.24) is 4.31 Å². The van der Waals surface area contributed by atoms with E-state index in [4.69, 9.17) is 16.3 Å². The Morgan fingerprint density at radius 1 is 1.50 bits per heavy atom. The minimum absolute atomic E-state index is 0.0179. The number of benzene rings is 1. The molecular weight excluding hydrogens is 362 g/mol. The van der Waals surface area contributed by atoms with Crippen LogP contribution in [0.25, 0.3) is 4.91 Å². The second-order valence-electron chi connectivity index (χ2n) is 5.73. The summed E-state index contributed by atoms with van der Waals surface area (Å²) < 4.78 is 8.07. The van der Waals surface area contributed by atoms with Gasteiger partial charge in [0, 0.05) is 27.5 Å². The number of rotatable bonds is 7. The zero-order chi connectivity index (χ0) is 17.9. The number of halogens is 1. The summed E-state index contributed by atoms with van der Waals surface area (Å²) in [6, 6.07) is 4.01. The molecule has 0 amide bonds. The Bertz CT molecular complexity index is 686. The number of thioether (sulfide) groups is 1. The van der Waals surface area contributed by atoms with Crippen molar-refractivity contribution in [1.29, 1.82) is 0 Å². The number of nitrogens with zero attached hydrogens (tertiary/aromatic N) is 1. The molecule has 1 aliphatic rings. The van der Waals surface area contributed by atoms with E-state index in [1.807, 2.05) is 33.2 Å². The van der Waals surface area contributed by atoms with Crippen LogP contribution in [0.4, 0.5) is 0 Å². The first-order chi connectivity index (χ1) is 11.3. The Morgan fingerprint density at radius 3 is 2.79 bits per heavy atom. The minimum atomic E-state index is -0.0179. The number of fused-ring (bicyclic) bond motifs is 1. The normalized spacial score (nSPS) is 16.9. The Hall–Kier alpha value is -0.880. The van der Waals surface area contributed by atoms with Crippen LogP contribution in [0.2, 0.25) is 5.02 Å². The number of carbonyl (C=O) groups is 1. The van der Waals surface area contributed by atoms with Gasteiger partial charge >= 0.3 is 0 Å². The fraction of sp³-hybridized carbons (Fsp3) is 0.389. The number of allylic oxidation sites excluding steroid dienone is 2. The Balaban J connectivity index is 2.19. The minimum Gasteiger partial charge on any atom is -0.487 e. The van der Waals surface area contributed by atoms with Gasteiger partial charge in [0.1, 0.15) is 11.9 Å². The van der Waals surface area contributed by atoms with Crippen LogP contribution in [0, 0.1) is 0 Å². The molecule has 6 heteroatoms. The van der Waals surface area contributed by atoms with Crippen molar-refractivity contribution < 1.29 is 9.53 Å². The van der Waals surface area contributed by atoms with Gasteiger partial charge in [-0.05, 0) is 45.6 Å². The lowest BCUT2D eigenvalue weighted by atomic mass is 10.1.